The molecule has 1 atom stereocenters. The van der Waals surface area contributed by atoms with E-state index in [1.54, 1.807) is 12.1 Å². The third-order valence-electron chi connectivity index (χ3n) is 5.61. The molecule has 9 nitrogen and oxygen atoms in total. The molecule has 0 fully saturated rings. The highest BCUT2D eigenvalue weighted by Gasteiger charge is 2.33. The summed E-state index contributed by atoms with van der Waals surface area (Å²) >= 11 is 1.35. The molecule has 0 unspecified atom stereocenters. The van der Waals surface area contributed by atoms with Crippen molar-refractivity contribution in [3.05, 3.63) is 68.6 Å². The molecule has 3 heterocycles. The molecule has 1 aromatic carbocycles. The third-order valence-corrected chi connectivity index (χ3v) is 7.71. The predicted octanol–water partition coefficient (Wildman–Crippen LogP) is 3.15. The van der Waals surface area contributed by atoms with Gasteiger partial charge in [0.25, 0.3) is 5.56 Å². The van der Waals surface area contributed by atoms with Crippen molar-refractivity contribution < 1.29 is 22.0 Å². The van der Waals surface area contributed by atoms with Crippen LogP contribution in [0.3, 0.4) is 0 Å². The maximum Gasteiger partial charge on any atom is 0.336 e. The second kappa shape index (κ2) is 9.91. The highest BCUT2D eigenvalue weighted by Crippen LogP contribution is 2.40. The number of aromatic nitrogens is 3. The van der Waals surface area contributed by atoms with Crippen LogP contribution in [-0.2, 0) is 34.1 Å². The van der Waals surface area contributed by atoms with E-state index in [9.17, 15) is 26.8 Å². The summed E-state index contributed by atoms with van der Waals surface area (Å²) in [6.45, 7) is -0.225. The number of halogens is 2. The molecule has 186 valence electrons. The fourth-order valence-electron chi connectivity index (χ4n) is 3.98. The Hall–Kier alpha value is -3.03. The number of amides is 1. The molecule has 4 rings (SSSR count). The lowest BCUT2D eigenvalue weighted by Gasteiger charge is -2.23. The summed E-state index contributed by atoms with van der Waals surface area (Å²) in [4.78, 5) is 31.8. The minimum absolute atomic E-state index is 0.0726. The van der Waals surface area contributed by atoms with E-state index in [0.29, 0.717) is 29.4 Å². The summed E-state index contributed by atoms with van der Waals surface area (Å²) < 4.78 is 49.3. The van der Waals surface area contributed by atoms with Crippen LogP contribution < -0.4 is 10.9 Å². The van der Waals surface area contributed by atoms with Crippen LogP contribution in [0.2, 0.25) is 0 Å². The number of nitrogens with one attached hydrogen (secondary N) is 1. The summed E-state index contributed by atoms with van der Waals surface area (Å²) in [7, 11) is -3.30. The lowest BCUT2D eigenvalue weighted by atomic mass is 10.1. The van der Waals surface area contributed by atoms with Gasteiger partial charge < -0.3 is 5.32 Å². The molecule has 2 aromatic heterocycles. The fourth-order valence-corrected chi connectivity index (χ4v) is 5.67. The quantitative estimate of drug-likeness (QED) is 0.482. The first-order chi connectivity index (χ1) is 16.5. The summed E-state index contributed by atoms with van der Waals surface area (Å²) in [5, 5.41) is 7.04. The molecule has 35 heavy (non-hydrogen) atoms. The minimum atomic E-state index is -3.30. The van der Waals surface area contributed by atoms with Crippen molar-refractivity contribution in [2.45, 2.75) is 50.3 Å². The molecular weight excluding hydrogens is 500 g/mol. The number of fused-ring (bicyclic) bond motifs is 1. The highest BCUT2D eigenvalue weighted by atomic mass is 32.2. The van der Waals surface area contributed by atoms with Gasteiger partial charge in [0.2, 0.25) is 5.91 Å². The van der Waals surface area contributed by atoms with Crippen LogP contribution in [0.15, 0.2) is 46.1 Å². The van der Waals surface area contributed by atoms with Gasteiger partial charge in [-0.2, -0.15) is 18.6 Å². The topological polar surface area (TPSA) is 114 Å². The van der Waals surface area contributed by atoms with E-state index in [1.807, 2.05) is 11.8 Å². The van der Waals surface area contributed by atoms with Gasteiger partial charge in [0.15, 0.2) is 15.0 Å². The highest BCUT2D eigenvalue weighted by molar-refractivity contribution is 7.90. The van der Waals surface area contributed by atoms with E-state index in [2.05, 4.69) is 15.4 Å². The lowest BCUT2D eigenvalue weighted by molar-refractivity contribution is -0.115. The normalized spacial score (nSPS) is 16.0. The zero-order chi connectivity index (χ0) is 25.3. The number of hydrogen-bond donors (Lipinski definition) is 1. The molecule has 0 aliphatic carbocycles. The van der Waals surface area contributed by atoms with Crippen LogP contribution in [0.25, 0.3) is 0 Å². The van der Waals surface area contributed by atoms with Crippen LogP contribution in [0.5, 0.6) is 0 Å². The zero-order valence-corrected chi connectivity index (χ0v) is 20.6. The van der Waals surface area contributed by atoms with E-state index in [0.717, 1.165) is 22.9 Å². The number of benzene rings is 1. The molecule has 3 aromatic rings. The average molecular weight is 524 g/mol. The molecule has 1 aliphatic heterocycles. The number of nitrogens with zero attached hydrogens (tertiary/aromatic N) is 4. The van der Waals surface area contributed by atoms with E-state index < -0.39 is 21.9 Å². The van der Waals surface area contributed by atoms with Crippen LogP contribution in [-0.4, -0.2) is 40.2 Å². The first-order valence-electron chi connectivity index (χ1n) is 10.7. The van der Waals surface area contributed by atoms with Gasteiger partial charge in [-0.25, -0.2) is 13.4 Å². The Morgan fingerprint density at radius 2 is 1.94 bits per heavy atom. The van der Waals surface area contributed by atoms with E-state index >= 15 is 0 Å². The summed E-state index contributed by atoms with van der Waals surface area (Å²) in [6, 6.07) is 8.60. The van der Waals surface area contributed by atoms with Gasteiger partial charge in [0.05, 0.1) is 28.7 Å². The van der Waals surface area contributed by atoms with Crippen LogP contribution in [0, 0.1) is 0 Å². The van der Waals surface area contributed by atoms with Crippen LogP contribution >= 0.6 is 11.3 Å². The Labute approximate surface area is 204 Å². The molecule has 1 aliphatic rings. The molecule has 13 heteroatoms. The van der Waals surface area contributed by atoms with E-state index in [4.69, 9.17) is 0 Å². The predicted molar refractivity (Wildman–Crippen MR) is 126 cm³/mol. The molecule has 0 radical (unpaired) electrons. The number of hydrogen-bond acceptors (Lipinski definition) is 8. The average Bonchev–Trinajstić information content (AvgIpc) is 3.30. The maximum absolute atomic E-state index is 13.0. The summed E-state index contributed by atoms with van der Waals surface area (Å²) in [6.07, 6.45) is 1.91. The van der Waals surface area contributed by atoms with Crippen molar-refractivity contribution in [1.82, 2.24) is 19.7 Å². The number of carbonyl (C=O) groups is 1. The van der Waals surface area contributed by atoms with Gasteiger partial charge in [0.1, 0.15) is 0 Å². The molecule has 0 saturated heterocycles. The largest absolute Gasteiger partial charge is 0.336 e. The lowest BCUT2D eigenvalue weighted by Crippen LogP contribution is -2.27. The van der Waals surface area contributed by atoms with E-state index in [1.165, 1.54) is 29.5 Å². The Morgan fingerprint density at radius 3 is 2.57 bits per heavy atom. The Morgan fingerprint density at radius 1 is 1.23 bits per heavy atom. The SMILES string of the molecule is CC[C@H]1c2nc(NC(=O)Cc3ccc(S(C)(=O)=O)cc3)sc2CN1Cc1ccc(=O)n(C(F)F)n1. The summed E-state index contributed by atoms with van der Waals surface area (Å²) in [5.74, 6) is -0.270. The number of carbonyl (C=O) groups excluding carboxylic acids is 1. The van der Waals surface area contributed by atoms with E-state index in [-0.39, 0.29) is 34.5 Å². The molecule has 0 saturated carbocycles. The van der Waals surface area contributed by atoms with Crippen molar-refractivity contribution in [3.63, 3.8) is 0 Å². The van der Waals surface area contributed by atoms with Gasteiger partial charge in [-0.05, 0) is 30.2 Å². The van der Waals surface area contributed by atoms with Gasteiger partial charge in [-0.3, -0.25) is 14.5 Å². The first-order valence-corrected chi connectivity index (χ1v) is 13.5. The third kappa shape index (κ3) is 5.63. The second-order valence-corrected chi connectivity index (χ2v) is 11.3. The van der Waals surface area contributed by atoms with Crippen molar-refractivity contribution >= 4 is 32.2 Å². The van der Waals surface area contributed by atoms with Crippen molar-refractivity contribution in [1.29, 1.82) is 0 Å². The molecule has 0 spiro atoms. The number of rotatable bonds is 8. The van der Waals surface area contributed by atoms with Gasteiger partial charge in [-0.1, -0.05) is 19.1 Å². The number of sulfone groups is 1. The van der Waals surface area contributed by atoms with Crippen LogP contribution in [0.4, 0.5) is 13.9 Å². The number of anilines is 1. The van der Waals surface area contributed by atoms with Crippen molar-refractivity contribution in [2.75, 3.05) is 11.6 Å². The second-order valence-electron chi connectivity index (χ2n) is 8.18. The monoisotopic (exact) mass is 523 g/mol. The zero-order valence-electron chi connectivity index (χ0n) is 18.9. The number of alkyl halides is 2. The molecular formula is C22H23F2N5O4S2. The summed E-state index contributed by atoms with van der Waals surface area (Å²) in [5.41, 5.74) is 1.00. The van der Waals surface area contributed by atoms with Gasteiger partial charge in [0, 0.05) is 30.3 Å². The van der Waals surface area contributed by atoms with Crippen LogP contribution in [0.1, 0.15) is 47.8 Å². The standard InChI is InChI=1S/C22H23F2N5O4S2/c1-3-16-20-17(12-28(16)11-14-6-9-19(31)29(27-14)21(23)24)34-22(26-20)25-18(30)10-13-4-7-15(8-5-13)35(2,32)33/h4-9,16,21H,3,10-12H2,1-2H3,(H,25,26,30)/t16-/m0/s1. The smallest absolute Gasteiger partial charge is 0.302 e. The first kappa shape index (κ1) is 25.1. The number of thiazole rings is 1. The maximum atomic E-state index is 13.0. The van der Waals surface area contributed by atoms with Gasteiger partial charge >= 0.3 is 6.55 Å². The fraction of sp³-hybridized carbons (Fsp3) is 0.364. The van der Waals surface area contributed by atoms with Gasteiger partial charge in [-0.15, -0.1) is 11.3 Å². The Kier molecular flexibility index (Phi) is 7.10. The minimum Gasteiger partial charge on any atom is -0.302 e. The molecule has 1 amide bonds. The van der Waals surface area contributed by atoms with Crippen molar-refractivity contribution in [3.8, 4) is 0 Å². The Balaban J connectivity index is 1.41. The van der Waals surface area contributed by atoms with Crippen molar-refractivity contribution in [2.24, 2.45) is 0 Å². The molecule has 1 N–H and O–H groups in total. The Bertz CT molecular complexity index is 1400. The molecule has 0 bridgehead atoms.